The number of fused-ring (bicyclic) bond motifs is 1. The summed E-state index contributed by atoms with van der Waals surface area (Å²) in [5.74, 6) is 1.39. The Balaban J connectivity index is 1.48. The molecule has 0 N–H and O–H groups in total. The predicted molar refractivity (Wildman–Crippen MR) is 125 cm³/mol. The number of nitrogens with zero attached hydrogens (tertiary/aromatic N) is 4. The van der Waals surface area contributed by atoms with Gasteiger partial charge >= 0.3 is 0 Å². The van der Waals surface area contributed by atoms with Crippen molar-refractivity contribution in [1.29, 1.82) is 0 Å². The van der Waals surface area contributed by atoms with E-state index in [0.29, 0.717) is 28.8 Å². The zero-order valence-electron chi connectivity index (χ0n) is 19.1. The van der Waals surface area contributed by atoms with Gasteiger partial charge < -0.3 is 9.26 Å². The van der Waals surface area contributed by atoms with Gasteiger partial charge in [0, 0.05) is 12.5 Å². The van der Waals surface area contributed by atoms with Crippen LogP contribution in [0.15, 0.2) is 51.9 Å². The van der Waals surface area contributed by atoms with Gasteiger partial charge in [0.2, 0.25) is 5.89 Å². The molecule has 1 fully saturated rings. The minimum atomic E-state index is -3.88. The Bertz CT molecular complexity index is 1330. The number of benzene rings is 2. The predicted octanol–water partition coefficient (Wildman–Crippen LogP) is 3.79. The summed E-state index contributed by atoms with van der Waals surface area (Å²) in [6.07, 6.45) is 3.19. The molecule has 2 aromatic carbocycles. The molecule has 1 aliphatic carbocycles. The fourth-order valence-electron chi connectivity index (χ4n) is 4.21. The summed E-state index contributed by atoms with van der Waals surface area (Å²) in [6.45, 7) is 3.89. The maximum absolute atomic E-state index is 13.6. The van der Waals surface area contributed by atoms with E-state index in [9.17, 15) is 13.2 Å². The number of ether oxygens (including phenoxy) is 1. The lowest BCUT2D eigenvalue weighted by atomic mass is 9.85. The van der Waals surface area contributed by atoms with Crippen molar-refractivity contribution < 1.29 is 22.5 Å². The topological polar surface area (TPSA) is 106 Å². The van der Waals surface area contributed by atoms with E-state index in [0.717, 1.165) is 24.8 Å². The lowest BCUT2D eigenvalue weighted by Gasteiger charge is -2.29. The van der Waals surface area contributed by atoms with Gasteiger partial charge in [-0.25, -0.2) is 8.42 Å². The van der Waals surface area contributed by atoms with Crippen molar-refractivity contribution in [3.63, 3.8) is 0 Å². The third kappa shape index (κ3) is 4.02. The van der Waals surface area contributed by atoms with Gasteiger partial charge in [-0.1, -0.05) is 23.7 Å². The first-order chi connectivity index (χ1) is 16.4. The highest BCUT2D eigenvalue weighted by molar-refractivity contribution is 7.92. The van der Waals surface area contributed by atoms with E-state index in [1.165, 1.54) is 21.3 Å². The van der Waals surface area contributed by atoms with Crippen LogP contribution in [0.1, 0.15) is 49.4 Å². The Morgan fingerprint density at radius 2 is 2.00 bits per heavy atom. The molecule has 3 aromatic rings. The highest BCUT2D eigenvalue weighted by Gasteiger charge is 2.32. The van der Waals surface area contributed by atoms with Gasteiger partial charge in [0.05, 0.1) is 22.8 Å². The van der Waals surface area contributed by atoms with Crippen LogP contribution in [0.3, 0.4) is 0 Å². The molecule has 0 saturated heterocycles. The fraction of sp³-hybridized carbons (Fsp3) is 0.375. The monoisotopic (exact) mass is 482 g/mol. The molecule has 1 aliphatic heterocycles. The average Bonchev–Trinajstić information content (AvgIpc) is 3.22. The molecular weight excluding hydrogens is 456 g/mol. The summed E-state index contributed by atoms with van der Waals surface area (Å²) in [6, 6.07) is 11.9. The van der Waals surface area contributed by atoms with Crippen molar-refractivity contribution in [2.24, 2.45) is 0 Å². The third-order valence-corrected chi connectivity index (χ3v) is 8.17. The standard InChI is InChI=1S/C24H26N4O5S/c1-3-28(18-9-4-6-16(2)12-18)34(30,31)19-10-11-21-20(13-19)27(23(29)15-32-21)14-22-25-24(33-26-22)17-7-5-8-17/h4,6,9-13,17H,3,5,7-8,14-15H2,1-2H3. The van der Waals surface area contributed by atoms with Crippen LogP contribution in [0, 0.1) is 6.92 Å². The number of sulfonamides is 1. The second kappa shape index (κ2) is 8.75. The maximum atomic E-state index is 13.6. The lowest BCUT2D eigenvalue weighted by molar-refractivity contribution is -0.121. The SMILES string of the molecule is CCN(c1cccc(C)c1)S(=O)(=O)c1ccc2c(c1)N(Cc1noc(C3CCC3)n1)C(=O)CO2. The summed E-state index contributed by atoms with van der Waals surface area (Å²) >= 11 is 0. The van der Waals surface area contributed by atoms with Gasteiger partial charge in [-0.2, -0.15) is 4.98 Å². The smallest absolute Gasteiger partial charge is 0.265 e. The van der Waals surface area contributed by atoms with Crippen LogP contribution < -0.4 is 13.9 Å². The van der Waals surface area contributed by atoms with Crippen LogP contribution in [0.2, 0.25) is 0 Å². The van der Waals surface area contributed by atoms with Gasteiger partial charge in [0.25, 0.3) is 15.9 Å². The summed E-state index contributed by atoms with van der Waals surface area (Å²) < 4.78 is 39.4. The van der Waals surface area contributed by atoms with Crippen molar-refractivity contribution in [2.75, 3.05) is 22.4 Å². The second-order valence-electron chi connectivity index (χ2n) is 8.58. The van der Waals surface area contributed by atoms with E-state index in [1.807, 2.05) is 25.1 Å². The van der Waals surface area contributed by atoms with Gasteiger partial charge in [-0.15, -0.1) is 0 Å². The molecule has 9 nitrogen and oxygen atoms in total. The molecule has 34 heavy (non-hydrogen) atoms. The lowest BCUT2D eigenvalue weighted by Crippen LogP contribution is -2.39. The number of aryl methyl sites for hydroxylation is 1. The van der Waals surface area contributed by atoms with Gasteiger partial charge in [-0.05, 0) is 62.6 Å². The molecule has 178 valence electrons. The Morgan fingerprint density at radius 1 is 1.18 bits per heavy atom. The van der Waals surface area contributed by atoms with Crippen molar-refractivity contribution >= 4 is 27.3 Å². The number of anilines is 2. The number of aromatic nitrogens is 2. The van der Waals surface area contributed by atoms with E-state index in [4.69, 9.17) is 9.26 Å². The summed E-state index contributed by atoms with van der Waals surface area (Å²) in [5, 5.41) is 4.03. The third-order valence-electron chi connectivity index (χ3n) is 6.28. The van der Waals surface area contributed by atoms with Gasteiger partial charge in [0.1, 0.15) is 5.75 Å². The molecule has 0 bridgehead atoms. The molecular formula is C24H26N4O5S. The molecule has 2 heterocycles. The zero-order chi connectivity index (χ0) is 23.9. The minimum Gasteiger partial charge on any atom is -0.482 e. The first kappa shape index (κ1) is 22.4. The number of amides is 1. The Kier molecular flexibility index (Phi) is 5.76. The van der Waals surface area contributed by atoms with Crippen LogP contribution >= 0.6 is 0 Å². The molecule has 0 unspecified atom stereocenters. The van der Waals surface area contributed by atoms with Crippen molar-refractivity contribution in [3.8, 4) is 5.75 Å². The molecule has 0 radical (unpaired) electrons. The molecule has 0 spiro atoms. The normalized spacial score (nSPS) is 16.1. The van der Waals surface area contributed by atoms with Crippen molar-refractivity contribution in [2.45, 2.75) is 50.5 Å². The van der Waals surface area contributed by atoms with E-state index in [2.05, 4.69) is 10.1 Å². The zero-order valence-corrected chi connectivity index (χ0v) is 19.9. The van der Waals surface area contributed by atoms with Crippen molar-refractivity contribution in [3.05, 3.63) is 59.7 Å². The molecule has 1 saturated carbocycles. The number of carbonyl (C=O) groups is 1. The molecule has 2 aliphatic rings. The van der Waals surface area contributed by atoms with Crippen LogP contribution in [-0.4, -0.2) is 37.6 Å². The highest BCUT2D eigenvalue weighted by atomic mass is 32.2. The van der Waals surface area contributed by atoms with Crippen LogP contribution in [0.4, 0.5) is 11.4 Å². The summed E-state index contributed by atoms with van der Waals surface area (Å²) in [4.78, 5) is 18.7. The minimum absolute atomic E-state index is 0.0705. The average molecular weight is 483 g/mol. The molecule has 5 rings (SSSR count). The van der Waals surface area contributed by atoms with Gasteiger partial charge in [0.15, 0.2) is 12.4 Å². The number of carbonyl (C=O) groups excluding carboxylic acids is 1. The van der Waals surface area contributed by atoms with Crippen LogP contribution in [0.5, 0.6) is 5.75 Å². The molecule has 0 atom stereocenters. The number of hydrogen-bond donors (Lipinski definition) is 0. The Morgan fingerprint density at radius 3 is 2.71 bits per heavy atom. The molecule has 1 aromatic heterocycles. The summed E-state index contributed by atoms with van der Waals surface area (Å²) in [5.41, 5.74) is 1.91. The summed E-state index contributed by atoms with van der Waals surface area (Å²) in [7, 11) is -3.88. The quantitative estimate of drug-likeness (QED) is 0.504. The Hall–Kier alpha value is -3.40. The van der Waals surface area contributed by atoms with E-state index in [-0.39, 0.29) is 36.4 Å². The number of hydrogen-bond acceptors (Lipinski definition) is 7. The van der Waals surface area contributed by atoms with Gasteiger partial charge in [-0.3, -0.25) is 14.0 Å². The fourth-order valence-corrected chi connectivity index (χ4v) is 5.70. The Labute approximate surface area is 198 Å². The first-order valence-electron chi connectivity index (χ1n) is 11.4. The number of rotatable bonds is 7. The van der Waals surface area contributed by atoms with Crippen LogP contribution in [-0.2, 0) is 21.4 Å². The maximum Gasteiger partial charge on any atom is 0.265 e. The van der Waals surface area contributed by atoms with E-state index < -0.39 is 10.0 Å². The largest absolute Gasteiger partial charge is 0.482 e. The highest BCUT2D eigenvalue weighted by Crippen LogP contribution is 2.38. The van der Waals surface area contributed by atoms with E-state index in [1.54, 1.807) is 19.1 Å². The van der Waals surface area contributed by atoms with Crippen LogP contribution in [0.25, 0.3) is 0 Å². The second-order valence-corrected chi connectivity index (χ2v) is 10.4. The van der Waals surface area contributed by atoms with Crippen molar-refractivity contribution in [1.82, 2.24) is 10.1 Å². The molecule has 1 amide bonds. The van der Waals surface area contributed by atoms with E-state index >= 15 is 0 Å². The first-order valence-corrected chi connectivity index (χ1v) is 12.8. The molecule has 10 heteroatoms.